The van der Waals surface area contributed by atoms with Gasteiger partial charge in [0.25, 0.3) is 0 Å². The molecule has 0 atom stereocenters. The average Bonchev–Trinajstić information content (AvgIpc) is 2.59. The maximum absolute atomic E-state index is 13.0. The Morgan fingerprint density at radius 3 is 2.60 bits per heavy atom. The van der Waals surface area contributed by atoms with Crippen molar-refractivity contribution in [3.05, 3.63) is 65.6 Å². The molecule has 3 rings (SSSR count). The number of benzene rings is 2. The first kappa shape index (κ1) is 16.9. The van der Waals surface area contributed by atoms with Gasteiger partial charge in [0, 0.05) is 5.69 Å². The Labute approximate surface area is 142 Å². The summed E-state index contributed by atoms with van der Waals surface area (Å²) in [5, 5.41) is 0. The van der Waals surface area contributed by atoms with Gasteiger partial charge in [0.2, 0.25) is 5.76 Å². The van der Waals surface area contributed by atoms with Crippen molar-refractivity contribution in [2.24, 2.45) is 0 Å². The lowest BCUT2D eigenvalue weighted by atomic mass is 10.1. The SMILES string of the molecule is COC(=O)C1=CN(c2cccc(C(F)(F)F)c2)c2cc(C)ccc2O1. The smallest absolute Gasteiger partial charge is 0.416 e. The summed E-state index contributed by atoms with van der Waals surface area (Å²) in [5.74, 6) is -0.481. The molecule has 7 heteroatoms. The lowest BCUT2D eigenvalue weighted by Gasteiger charge is -2.29. The minimum Gasteiger partial charge on any atom is -0.463 e. The van der Waals surface area contributed by atoms with E-state index in [-0.39, 0.29) is 11.4 Å². The molecule has 2 aromatic carbocycles. The number of alkyl halides is 3. The van der Waals surface area contributed by atoms with Gasteiger partial charge in [0.15, 0.2) is 5.75 Å². The van der Waals surface area contributed by atoms with Crippen LogP contribution in [-0.2, 0) is 15.7 Å². The Hall–Kier alpha value is -2.96. The topological polar surface area (TPSA) is 38.8 Å². The van der Waals surface area contributed by atoms with Crippen LogP contribution in [0.15, 0.2) is 54.4 Å². The van der Waals surface area contributed by atoms with Gasteiger partial charge in [-0.05, 0) is 42.8 Å². The summed E-state index contributed by atoms with van der Waals surface area (Å²) in [5.41, 5.74) is 0.909. The van der Waals surface area contributed by atoms with Crippen LogP contribution in [0.25, 0.3) is 0 Å². The van der Waals surface area contributed by atoms with Gasteiger partial charge >= 0.3 is 12.1 Å². The number of rotatable bonds is 2. The van der Waals surface area contributed by atoms with Gasteiger partial charge in [-0.1, -0.05) is 12.1 Å². The van der Waals surface area contributed by atoms with Crippen LogP contribution in [0.1, 0.15) is 11.1 Å². The van der Waals surface area contributed by atoms with Crippen LogP contribution in [0.5, 0.6) is 5.75 Å². The standard InChI is InChI=1S/C18H14F3NO3/c1-11-6-7-15-14(8-11)22(10-16(25-15)17(23)24-2)13-5-3-4-12(9-13)18(19,20)21/h3-10H,1-2H3. The van der Waals surface area contributed by atoms with Crippen molar-refractivity contribution >= 4 is 17.3 Å². The van der Waals surface area contributed by atoms with Gasteiger partial charge in [0.05, 0.1) is 24.6 Å². The summed E-state index contributed by atoms with van der Waals surface area (Å²) < 4.78 is 49.2. The third kappa shape index (κ3) is 3.31. The molecule has 0 radical (unpaired) electrons. The summed E-state index contributed by atoms with van der Waals surface area (Å²) in [6, 6.07) is 10.0. The number of methoxy groups -OCH3 is 1. The van der Waals surface area contributed by atoms with Crippen molar-refractivity contribution in [1.29, 1.82) is 0 Å². The van der Waals surface area contributed by atoms with Gasteiger partial charge in [0.1, 0.15) is 0 Å². The Morgan fingerprint density at radius 2 is 1.92 bits per heavy atom. The number of anilines is 2. The molecule has 130 valence electrons. The number of hydrogen-bond acceptors (Lipinski definition) is 4. The molecule has 0 aromatic heterocycles. The highest BCUT2D eigenvalue weighted by molar-refractivity contribution is 5.90. The van der Waals surface area contributed by atoms with Gasteiger partial charge in [-0.15, -0.1) is 0 Å². The van der Waals surface area contributed by atoms with Crippen LogP contribution in [0.4, 0.5) is 24.5 Å². The number of ether oxygens (including phenoxy) is 2. The summed E-state index contributed by atoms with van der Waals surface area (Å²) in [6.07, 6.45) is -3.14. The van der Waals surface area contributed by atoms with Crippen LogP contribution in [0.2, 0.25) is 0 Å². The molecule has 0 saturated carbocycles. The van der Waals surface area contributed by atoms with Crippen LogP contribution in [0, 0.1) is 6.92 Å². The highest BCUT2D eigenvalue weighted by Crippen LogP contribution is 2.41. The van der Waals surface area contributed by atoms with Crippen LogP contribution in [-0.4, -0.2) is 13.1 Å². The molecule has 1 heterocycles. The van der Waals surface area contributed by atoms with Gasteiger partial charge < -0.3 is 14.4 Å². The van der Waals surface area contributed by atoms with Crippen molar-refractivity contribution in [3.63, 3.8) is 0 Å². The molecular weight excluding hydrogens is 335 g/mol. The molecule has 25 heavy (non-hydrogen) atoms. The van der Waals surface area contributed by atoms with E-state index in [0.29, 0.717) is 11.4 Å². The number of fused-ring (bicyclic) bond motifs is 1. The van der Waals surface area contributed by atoms with E-state index in [0.717, 1.165) is 17.7 Å². The fourth-order valence-electron chi connectivity index (χ4n) is 2.47. The lowest BCUT2D eigenvalue weighted by Crippen LogP contribution is -2.22. The maximum atomic E-state index is 13.0. The molecule has 0 unspecified atom stereocenters. The van der Waals surface area contributed by atoms with E-state index < -0.39 is 17.7 Å². The monoisotopic (exact) mass is 349 g/mol. The molecule has 0 spiro atoms. The number of nitrogens with zero attached hydrogens (tertiary/aromatic N) is 1. The van der Waals surface area contributed by atoms with Crippen molar-refractivity contribution in [3.8, 4) is 5.75 Å². The van der Waals surface area contributed by atoms with Gasteiger partial charge in [-0.25, -0.2) is 4.79 Å². The Balaban J connectivity index is 2.14. The van der Waals surface area contributed by atoms with Crippen molar-refractivity contribution in [2.75, 3.05) is 12.0 Å². The number of aryl methyl sites for hydroxylation is 1. The van der Waals surface area contributed by atoms with Crippen LogP contribution < -0.4 is 9.64 Å². The third-order valence-electron chi connectivity index (χ3n) is 3.68. The zero-order valence-corrected chi connectivity index (χ0v) is 13.4. The van der Waals surface area contributed by atoms with E-state index in [9.17, 15) is 18.0 Å². The largest absolute Gasteiger partial charge is 0.463 e. The number of hydrogen-bond donors (Lipinski definition) is 0. The van der Waals surface area contributed by atoms with Crippen LogP contribution in [0.3, 0.4) is 0 Å². The van der Waals surface area contributed by atoms with E-state index in [1.54, 1.807) is 18.2 Å². The zero-order valence-electron chi connectivity index (χ0n) is 13.4. The van der Waals surface area contributed by atoms with Gasteiger partial charge in [-0.3, -0.25) is 0 Å². The highest BCUT2D eigenvalue weighted by atomic mass is 19.4. The first-order valence-electron chi connectivity index (χ1n) is 7.35. The lowest BCUT2D eigenvalue weighted by molar-refractivity contribution is -0.139. The quantitative estimate of drug-likeness (QED) is 0.745. The molecule has 1 aliphatic rings. The molecule has 0 fully saturated rings. The van der Waals surface area contributed by atoms with E-state index in [1.807, 2.05) is 6.92 Å². The molecule has 0 amide bonds. The maximum Gasteiger partial charge on any atom is 0.416 e. The number of carbonyl (C=O) groups is 1. The Kier molecular flexibility index (Phi) is 4.16. The second-order valence-electron chi connectivity index (χ2n) is 5.48. The van der Waals surface area contributed by atoms with Crippen molar-refractivity contribution in [2.45, 2.75) is 13.1 Å². The summed E-state index contributed by atoms with van der Waals surface area (Å²) >= 11 is 0. The van der Waals surface area contributed by atoms with E-state index in [4.69, 9.17) is 4.74 Å². The summed E-state index contributed by atoms with van der Waals surface area (Å²) in [4.78, 5) is 13.3. The average molecular weight is 349 g/mol. The molecule has 1 aliphatic heterocycles. The Morgan fingerprint density at radius 1 is 1.16 bits per heavy atom. The highest BCUT2D eigenvalue weighted by Gasteiger charge is 2.32. The zero-order chi connectivity index (χ0) is 18.2. The summed E-state index contributed by atoms with van der Waals surface area (Å²) in [7, 11) is 1.20. The van der Waals surface area contributed by atoms with Crippen molar-refractivity contribution in [1.82, 2.24) is 0 Å². The molecular formula is C18H14F3NO3. The van der Waals surface area contributed by atoms with E-state index >= 15 is 0 Å². The Bertz CT molecular complexity index is 859. The molecule has 0 saturated heterocycles. The van der Waals surface area contributed by atoms with Gasteiger partial charge in [-0.2, -0.15) is 13.2 Å². The fourth-order valence-corrected chi connectivity index (χ4v) is 2.47. The molecule has 4 nitrogen and oxygen atoms in total. The normalized spacial score (nSPS) is 13.6. The summed E-state index contributed by atoms with van der Waals surface area (Å²) in [6.45, 7) is 1.85. The number of halogens is 3. The molecule has 2 aromatic rings. The minimum atomic E-state index is -4.47. The molecule has 0 N–H and O–H groups in total. The first-order chi connectivity index (χ1) is 11.8. The number of esters is 1. The third-order valence-corrected chi connectivity index (χ3v) is 3.68. The fraction of sp³-hybridized carbons (Fsp3) is 0.167. The minimum absolute atomic E-state index is 0.115. The van der Waals surface area contributed by atoms with E-state index in [2.05, 4.69) is 4.74 Å². The first-order valence-corrected chi connectivity index (χ1v) is 7.35. The van der Waals surface area contributed by atoms with Crippen LogP contribution >= 0.6 is 0 Å². The predicted molar refractivity (Wildman–Crippen MR) is 85.5 cm³/mol. The number of carbonyl (C=O) groups excluding carboxylic acids is 1. The predicted octanol–water partition coefficient (Wildman–Crippen LogP) is 4.56. The second-order valence-corrected chi connectivity index (χ2v) is 5.48. The van der Waals surface area contributed by atoms with Crippen molar-refractivity contribution < 1.29 is 27.4 Å². The van der Waals surface area contributed by atoms with E-state index in [1.165, 1.54) is 30.3 Å². The second kappa shape index (κ2) is 6.16. The molecule has 0 bridgehead atoms. The molecule has 0 aliphatic carbocycles.